The van der Waals surface area contributed by atoms with Gasteiger partial charge in [0, 0.05) is 19.0 Å². The lowest BCUT2D eigenvalue weighted by Crippen LogP contribution is -2.45. The van der Waals surface area contributed by atoms with E-state index >= 15 is 0 Å². The predicted molar refractivity (Wildman–Crippen MR) is 154 cm³/mol. The van der Waals surface area contributed by atoms with E-state index in [9.17, 15) is 18.0 Å². The van der Waals surface area contributed by atoms with Crippen molar-refractivity contribution in [1.29, 1.82) is 0 Å². The van der Waals surface area contributed by atoms with Gasteiger partial charge in [-0.25, -0.2) is 18.0 Å². The van der Waals surface area contributed by atoms with Gasteiger partial charge in [-0.1, -0.05) is 26.8 Å². The Bertz CT molecular complexity index is 1180. The van der Waals surface area contributed by atoms with Crippen LogP contribution in [0.4, 0.5) is 18.0 Å². The normalized spacial score (nSPS) is 18.2. The van der Waals surface area contributed by atoms with Gasteiger partial charge in [0.1, 0.15) is 17.2 Å². The Labute approximate surface area is 238 Å². The summed E-state index contributed by atoms with van der Waals surface area (Å²) in [5.74, 6) is -1.68. The second-order valence-electron chi connectivity index (χ2n) is 13.2. The van der Waals surface area contributed by atoms with Crippen molar-refractivity contribution in [1.82, 2.24) is 4.90 Å². The van der Waals surface area contributed by atoms with Crippen LogP contribution in [0.25, 0.3) is 0 Å². The predicted octanol–water partition coefficient (Wildman–Crippen LogP) is 8.06. The number of amides is 1. The van der Waals surface area contributed by atoms with Crippen molar-refractivity contribution < 1.29 is 31.9 Å². The van der Waals surface area contributed by atoms with Crippen LogP contribution in [0.1, 0.15) is 65.5 Å². The molecular weight excluding hydrogens is 535 g/mol. The van der Waals surface area contributed by atoms with Crippen LogP contribution in [0.5, 0.6) is 5.75 Å². The first kappa shape index (κ1) is 32.0. The smallest absolute Gasteiger partial charge is 0.410 e. The van der Waals surface area contributed by atoms with Gasteiger partial charge in [-0.05, 0) is 99.6 Å². The monoisotopic (exact) mass is 579 g/mol. The molecule has 2 atom stereocenters. The maximum Gasteiger partial charge on any atom is 0.410 e. The van der Waals surface area contributed by atoms with Crippen LogP contribution in [0.3, 0.4) is 0 Å². The van der Waals surface area contributed by atoms with E-state index in [0.29, 0.717) is 55.7 Å². The van der Waals surface area contributed by atoms with Crippen LogP contribution >= 0.6 is 0 Å². The molecule has 5 nitrogen and oxygen atoms in total. The zero-order valence-corrected chi connectivity index (χ0v) is 26.1. The van der Waals surface area contributed by atoms with Crippen LogP contribution < -0.4 is 4.74 Å². The molecule has 1 aliphatic rings. The molecule has 1 aliphatic heterocycles. The maximum absolute atomic E-state index is 14.1. The lowest BCUT2D eigenvalue weighted by Gasteiger charge is -2.38. The Balaban J connectivity index is 1.68. The average Bonchev–Trinajstić information content (AvgIpc) is 3.21. The van der Waals surface area contributed by atoms with Crippen LogP contribution in [-0.4, -0.2) is 50.2 Å². The number of ether oxygens (including phenoxy) is 2. The molecule has 1 heterocycles. The molecule has 0 spiro atoms. The Kier molecular flexibility index (Phi) is 10.0. The number of hydrogen-bond acceptors (Lipinski definition) is 4. The molecule has 1 saturated heterocycles. The quantitative estimate of drug-likeness (QED) is 0.282. The van der Waals surface area contributed by atoms with E-state index in [1.165, 1.54) is 18.2 Å². The molecular formula is C31H44F3NO4Si. The van der Waals surface area contributed by atoms with Crippen LogP contribution in [0.2, 0.25) is 18.1 Å². The topological polar surface area (TPSA) is 48.0 Å². The zero-order valence-electron chi connectivity index (χ0n) is 25.1. The highest BCUT2D eigenvalue weighted by Crippen LogP contribution is 2.39. The molecule has 222 valence electrons. The molecule has 0 saturated carbocycles. The summed E-state index contributed by atoms with van der Waals surface area (Å²) in [5, 5.41) is 0.0453. The molecule has 2 aromatic carbocycles. The van der Waals surface area contributed by atoms with E-state index in [0.717, 1.165) is 12.1 Å². The molecule has 0 bridgehead atoms. The van der Waals surface area contributed by atoms with E-state index < -0.39 is 31.4 Å². The summed E-state index contributed by atoms with van der Waals surface area (Å²) in [6, 6.07) is 7.96. The Hall–Kier alpha value is -2.52. The third kappa shape index (κ3) is 8.74. The van der Waals surface area contributed by atoms with E-state index in [-0.39, 0.29) is 23.3 Å². The van der Waals surface area contributed by atoms with Gasteiger partial charge in [-0.15, -0.1) is 0 Å². The van der Waals surface area contributed by atoms with E-state index in [1.54, 1.807) is 11.0 Å². The van der Waals surface area contributed by atoms with Crippen molar-refractivity contribution in [2.45, 2.75) is 103 Å². The summed E-state index contributed by atoms with van der Waals surface area (Å²) in [7, 11) is -2.04. The Morgan fingerprint density at radius 2 is 1.68 bits per heavy atom. The van der Waals surface area contributed by atoms with Crippen molar-refractivity contribution in [2.24, 2.45) is 0 Å². The van der Waals surface area contributed by atoms with Crippen LogP contribution in [-0.2, 0) is 22.0 Å². The highest BCUT2D eigenvalue weighted by atomic mass is 28.4. The van der Waals surface area contributed by atoms with Crippen molar-refractivity contribution in [2.75, 3.05) is 13.2 Å². The number of likely N-dealkylation sites (tertiary alicyclic amines) is 1. The van der Waals surface area contributed by atoms with E-state index in [4.69, 9.17) is 13.9 Å². The average molecular weight is 580 g/mol. The molecule has 2 unspecified atom stereocenters. The molecule has 0 aliphatic carbocycles. The van der Waals surface area contributed by atoms with Crippen LogP contribution in [0.15, 0.2) is 36.4 Å². The first-order valence-corrected chi connectivity index (χ1v) is 16.9. The Morgan fingerprint density at radius 1 is 0.975 bits per heavy atom. The standard InChI is InChI=1S/C31H44F3NO4Si/c1-30(2,3)38-29(36)35-20-25(39-40(7,8)31(4,5)6)19-24(35)15-16-37-28-14-12-23(32)18-22(28)11-9-21-10-13-26(33)27(34)17-21/h10,12-14,17-18,24-25H,9,11,15-16,19-20H2,1-8H3. The molecule has 3 rings (SSSR count). The molecule has 1 amide bonds. The molecule has 1 fully saturated rings. The number of aryl methyl sites for hydroxylation is 2. The summed E-state index contributed by atoms with van der Waals surface area (Å²) in [6.45, 7) is 17.3. The highest BCUT2D eigenvalue weighted by molar-refractivity contribution is 6.74. The number of carbonyl (C=O) groups excluding carboxylic acids is 1. The van der Waals surface area contributed by atoms with Gasteiger partial charge < -0.3 is 18.8 Å². The fourth-order valence-corrected chi connectivity index (χ4v) is 5.89. The number of halogens is 3. The highest BCUT2D eigenvalue weighted by Gasteiger charge is 2.44. The minimum Gasteiger partial charge on any atom is -0.493 e. The first-order valence-electron chi connectivity index (χ1n) is 14.0. The number of benzene rings is 2. The van der Waals surface area contributed by atoms with Crippen LogP contribution in [0, 0.1) is 17.5 Å². The van der Waals surface area contributed by atoms with Crippen molar-refractivity contribution in [3.05, 3.63) is 65.0 Å². The van der Waals surface area contributed by atoms with Gasteiger partial charge in [0.2, 0.25) is 0 Å². The molecule has 0 radical (unpaired) electrons. The fraction of sp³-hybridized carbons (Fsp3) is 0.581. The van der Waals surface area contributed by atoms with Gasteiger partial charge in [0.15, 0.2) is 20.0 Å². The summed E-state index contributed by atoms with van der Waals surface area (Å²) >= 11 is 0. The van der Waals surface area contributed by atoms with Gasteiger partial charge in [0.05, 0.1) is 12.7 Å². The molecule has 2 aromatic rings. The maximum atomic E-state index is 14.1. The van der Waals surface area contributed by atoms with Crippen molar-refractivity contribution in [3.8, 4) is 5.75 Å². The third-order valence-electron chi connectivity index (χ3n) is 7.67. The van der Waals surface area contributed by atoms with Crippen molar-refractivity contribution in [3.63, 3.8) is 0 Å². The van der Waals surface area contributed by atoms with Gasteiger partial charge in [-0.2, -0.15) is 0 Å². The van der Waals surface area contributed by atoms with E-state index in [2.05, 4.69) is 33.9 Å². The lowest BCUT2D eigenvalue weighted by atomic mass is 10.0. The largest absolute Gasteiger partial charge is 0.493 e. The molecule has 0 aromatic heterocycles. The first-order chi connectivity index (χ1) is 18.4. The lowest BCUT2D eigenvalue weighted by molar-refractivity contribution is 0.0196. The number of nitrogens with zero attached hydrogens (tertiary/aromatic N) is 1. The minimum absolute atomic E-state index is 0.0453. The van der Waals surface area contributed by atoms with Crippen molar-refractivity contribution >= 4 is 14.4 Å². The minimum atomic E-state index is -2.04. The fourth-order valence-electron chi connectivity index (χ4n) is 4.53. The summed E-state index contributed by atoms with van der Waals surface area (Å²) in [6.07, 6.45) is 1.58. The van der Waals surface area contributed by atoms with E-state index in [1.807, 2.05) is 20.8 Å². The zero-order chi connectivity index (χ0) is 29.9. The van der Waals surface area contributed by atoms with Gasteiger partial charge in [0.25, 0.3) is 0 Å². The number of hydrogen-bond donors (Lipinski definition) is 0. The number of rotatable bonds is 9. The van der Waals surface area contributed by atoms with Gasteiger partial charge in [-0.3, -0.25) is 0 Å². The number of carbonyl (C=O) groups is 1. The summed E-state index contributed by atoms with van der Waals surface area (Å²) in [4.78, 5) is 14.8. The SMILES string of the molecule is CC(C)(C)OC(=O)N1CC(O[Si](C)(C)C(C)(C)C)CC1CCOc1ccc(F)cc1CCc1ccc(F)c(F)c1. The molecule has 40 heavy (non-hydrogen) atoms. The summed E-state index contributed by atoms with van der Waals surface area (Å²) < 4.78 is 59.4. The third-order valence-corrected chi connectivity index (χ3v) is 12.2. The molecule has 0 N–H and O–H groups in total. The Morgan fingerprint density at radius 3 is 2.30 bits per heavy atom. The second kappa shape index (κ2) is 12.6. The van der Waals surface area contributed by atoms with Gasteiger partial charge >= 0.3 is 6.09 Å². The molecule has 9 heteroatoms. The second-order valence-corrected chi connectivity index (χ2v) is 17.9. The summed E-state index contributed by atoms with van der Waals surface area (Å²) in [5.41, 5.74) is 0.632.